The molecule has 0 radical (unpaired) electrons. The largest absolute Gasteiger partial charge is 0.455 e. The first-order chi connectivity index (χ1) is 28.3. The molecular formula is C54H34N2O. The maximum atomic E-state index is 6.64. The van der Waals surface area contributed by atoms with Crippen molar-refractivity contribution in [1.29, 1.82) is 0 Å². The zero-order valence-electron chi connectivity index (χ0n) is 30.9. The highest BCUT2D eigenvalue weighted by atomic mass is 16.3. The number of hydrogen-bond acceptors (Lipinski definition) is 3. The van der Waals surface area contributed by atoms with Crippen molar-refractivity contribution >= 4 is 39.1 Å². The van der Waals surface area contributed by atoms with E-state index in [-0.39, 0.29) is 0 Å². The first-order valence-electron chi connectivity index (χ1n) is 19.5. The highest BCUT2D eigenvalue weighted by Gasteiger charge is 2.51. The van der Waals surface area contributed by atoms with Gasteiger partial charge in [0.25, 0.3) is 0 Å². The molecule has 3 heterocycles. The average Bonchev–Trinajstić information content (AvgIpc) is 3.81. The van der Waals surface area contributed by atoms with Crippen molar-refractivity contribution in [1.82, 2.24) is 4.98 Å². The summed E-state index contributed by atoms with van der Waals surface area (Å²) in [5.41, 5.74) is 17.4. The van der Waals surface area contributed by atoms with Crippen LogP contribution in [-0.4, -0.2) is 4.98 Å². The van der Waals surface area contributed by atoms with Crippen LogP contribution in [0.5, 0.6) is 0 Å². The van der Waals surface area contributed by atoms with Crippen LogP contribution in [0.1, 0.15) is 22.3 Å². The van der Waals surface area contributed by atoms with Crippen LogP contribution < -0.4 is 4.90 Å². The molecule has 3 heteroatoms. The van der Waals surface area contributed by atoms with Gasteiger partial charge in [-0.1, -0.05) is 176 Å². The molecule has 1 spiro atoms. The highest BCUT2D eigenvalue weighted by Crippen LogP contribution is 2.63. The minimum atomic E-state index is -0.557. The van der Waals surface area contributed by atoms with Crippen molar-refractivity contribution in [2.45, 2.75) is 5.41 Å². The summed E-state index contributed by atoms with van der Waals surface area (Å²) in [7, 11) is 0. The van der Waals surface area contributed by atoms with E-state index in [0.29, 0.717) is 0 Å². The number of para-hydroxylation sites is 3. The van der Waals surface area contributed by atoms with Crippen LogP contribution in [0.15, 0.2) is 211 Å². The SMILES string of the molecule is c1ccc(-c2cc(-c3ccccc3)nc(N3c4ccccc4C4(c5ccccc5-c5ccccc54)c4ccc(-c5cccc6c5oc5ccccc56)cc43)c2)cc1. The van der Waals surface area contributed by atoms with Crippen molar-refractivity contribution in [3.8, 4) is 44.6 Å². The number of furan rings is 1. The molecule has 0 saturated carbocycles. The van der Waals surface area contributed by atoms with Gasteiger partial charge in [-0.3, -0.25) is 4.90 Å². The van der Waals surface area contributed by atoms with E-state index in [1.807, 2.05) is 6.07 Å². The first kappa shape index (κ1) is 31.8. The fourth-order valence-electron chi connectivity index (χ4n) is 9.68. The lowest BCUT2D eigenvalue weighted by atomic mass is 9.64. The molecule has 10 aromatic rings. The Kier molecular flexibility index (Phi) is 6.84. The number of anilines is 3. The molecule has 2 aliphatic rings. The lowest BCUT2D eigenvalue weighted by molar-refractivity contribution is 0.670. The van der Waals surface area contributed by atoms with Gasteiger partial charge in [-0.05, 0) is 80.4 Å². The lowest BCUT2D eigenvalue weighted by Gasteiger charge is -2.45. The van der Waals surface area contributed by atoms with Crippen LogP contribution in [0.25, 0.3) is 66.6 Å². The third-order valence-electron chi connectivity index (χ3n) is 12.1. The zero-order chi connectivity index (χ0) is 37.5. The Morgan fingerprint density at radius 1 is 0.386 bits per heavy atom. The molecule has 0 amide bonds. The summed E-state index contributed by atoms with van der Waals surface area (Å²) in [6, 6.07) is 74.4. The Labute approximate surface area is 330 Å². The number of fused-ring (bicyclic) bond motifs is 12. The molecule has 0 atom stereocenters. The van der Waals surface area contributed by atoms with Gasteiger partial charge >= 0.3 is 0 Å². The molecular weight excluding hydrogens is 693 g/mol. The summed E-state index contributed by atoms with van der Waals surface area (Å²) >= 11 is 0. The van der Waals surface area contributed by atoms with Crippen LogP contribution >= 0.6 is 0 Å². The fourth-order valence-corrected chi connectivity index (χ4v) is 9.68. The Balaban J connectivity index is 1.19. The van der Waals surface area contributed by atoms with E-state index in [9.17, 15) is 0 Å². The first-order valence-corrected chi connectivity index (χ1v) is 19.5. The topological polar surface area (TPSA) is 29.3 Å². The Hall–Kier alpha value is -7.49. The molecule has 0 bridgehead atoms. The quantitative estimate of drug-likeness (QED) is 0.181. The van der Waals surface area contributed by atoms with Gasteiger partial charge in [0, 0.05) is 21.9 Å². The molecule has 3 nitrogen and oxygen atoms in total. The number of pyridine rings is 1. The second-order valence-corrected chi connectivity index (χ2v) is 15.0. The summed E-state index contributed by atoms with van der Waals surface area (Å²) in [6.07, 6.45) is 0. The Bertz CT molecular complexity index is 3090. The van der Waals surface area contributed by atoms with Gasteiger partial charge < -0.3 is 4.42 Å². The molecule has 0 unspecified atom stereocenters. The summed E-state index contributed by atoms with van der Waals surface area (Å²) in [6.45, 7) is 0. The number of benzene rings is 8. The number of hydrogen-bond donors (Lipinski definition) is 0. The molecule has 12 rings (SSSR count). The minimum absolute atomic E-state index is 0.557. The van der Waals surface area contributed by atoms with Crippen molar-refractivity contribution < 1.29 is 4.42 Å². The van der Waals surface area contributed by atoms with Gasteiger partial charge in [0.1, 0.15) is 17.0 Å². The lowest BCUT2D eigenvalue weighted by Crippen LogP contribution is -2.36. The molecule has 266 valence electrons. The summed E-state index contributed by atoms with van der Waals surface area (Å²) in [5.74, 6) is 0.859. The second kappa shape index (κ2) is 12.3. The maximum absolute atomic E-state index is 6.64. The maximum Gasteiger partial charge on any atom is 0.143 e. The van der Waals surface area contributed by atoms with Gasteiger partial charge in [0.15, 0.2) is 0 Å². The predicted molar refractivity (Wildman–Crippen MR) is 233 cm³/mol. The fraction of sp³-hybridized carbons (Fsp3) is 0.0185. The molecule has 1 aliphatic carbocycles. The standard InChI is InChI=1S/C54H34N2O/c1-3-16-35(17-4-1)38-32-48(36-18-5-2-6-19-36)55-52(34-38)56-49-28-13-12-27-46(49)54(44-25-10-7-20-40(44)41-21-8-11-26-45(41)54)47-31-30-37(33-50(47)56)39-23-15-24-43-42-22-9-14-29-51(42)57-53(39)43/h1-34H. The van der Waals surface area contributed by atoms with Crippen LogP contribution in [-0.2, 0) is 5.41 Å². The molecule has 2 aromatic heterocycles. The van der Waals surface area contributed by atoms with Gasteiger partial charge in [-0.2, -0.15) is 0 Å². The third-order valence-corrected chi connectivity index (χ3v) is 12.1. The van der Waals surface area contributed by atoms with Gasteiger partial charge in [0.05, 0.1) is 22.5 Å². The summed E-state index contributed by atoms with van der Waals surface area (Å²) < 4.78 is 6.64. The average molecular weight is 727 g/mol. The smallest absolute Gasteiger partial charge is 0.143 e. The van der Waals surface area contributed by atoms with E-state index in [1.165, 1.54) is 33.4 Å². The van der Waals surface area contributed by atoms with E-state index in [4.69, 9.17) is 9.40 Å². The van der Waals surface area contributed by atoms with Crippen molar-refractivity contribution in [2.24, 2.45) is 0 Å². The van der Waals surface area contributed by atoms with Crippen LogP contribution in [0, 0.1) is 0 Å². The normalized spacial score (nSPS) is 13.4. The third kappa shape index (κ3) is 4.57. The van der Waals surface area contributed by atoms with Crippen molar-refractivity contribution in [3.63, 3.8) is 0 Å². The Morgan fingerprint density at radius 2 is 0.982 bits per heavy atom. The van der Waals surface area contributed by atoms with Gasteiger partial charge in [-0.25, -0.2) is 4.98 Å². The second-order valence-electron chi connectivity index (χ2n) is 15.0. The van der Waals surface area contributed by atoms with Gasteiger partial charge in [-0.15, -0.1) is 0 Å². The molecule has 0 saturated heterocycles. The monoisotopic (exact) mass is 726 g/mol. The summed E-state index contributed by atoms with van der Waals surface area (Å²) in [4.78, 5) is 7.95. The van der Waals surface area contributed by atoms with Crippen LogP contribution in [0.3, 0.4) is 0 Å². The van der Waals surface area contributed by atoms with E-state index >= 15 is 0 Å². The van der Waals surface area contributed by atoms with Gasteiger partial charge in [0.2, 0.25) is 0 Å². The molecule has 1 aliphatic heterocycles. The number of rotatable bonds is 4. The van der Waals surface area contributed by atoms with Crippen molar-refractivity contribution in [3.05, 3.63) is 229 Å². The Morgan fingerprint density at radius 3 is 1.75 bits per heavy atom. The molecule has 8 aromatic carbocycles. The number of nitrogens with zero attached hydrogens (tertiary/aromatic N) is 2. The highest BCUT2D eigenvalue weighted by molar-refractivity contribution is 6.10. The van der Waals surface area contributed by atoms with Crippen LogP contribution in [0.2, 0.25) is 0 Å². The molecule has 0 N–H and O–H groups in total. The van der Waals surface area contributed by atoms with E-state index < -0.39 is 5.41 Å². The number of aromatic nitrogens is 1. The van der Waals surface area contributed by atoms with Crippen LogP contribution in [0.4, 0.5) is 17.2 Å². The van der Waals surface area contributed by atoms with E-state index in [1.54, 1.807) is 0 Å². The summed E-state index contributed by atoms with van der Waals surface area (Å²) in [5, 5.41) is 2.24. The van der Waals surface area contributed by atoms with E-state index in [0.717, 1.165) is 72.6 Å². The van der Waals surface area contributed by atoms with E-state index in [2.05, 4.69) is 205 Å². The molecule has 0 fully saturated rings. The predicted octanol–water partition coefficient (Wildman–Crippen LogP) is 14.1. The molecule has 57 heavy (non-hydrogen) atoms. The minimum Gasteiger partial charge on any atom is -0.455 e. The van der Waals surface area contributed by atoms with Crippen molar-refractivity contribution in [2.75, 3.05) is 4.90 Å². The zero-order valence-corrected chi connectivity index (χ0v) is 30.9.